The predicted molar refractivity (Wildman–Crippen MR) is 71.1 cm³/mol. The molecule has 0 fully saturated rings. The van der Waals surface area contributed by atoms with E-state index in [4.69, 9.17) is 5.73 Å². The molecule has 1 rings (SSSR count). The largest absolute Gasteiger partial charge is 0.369 e. The van der Waals surface area contributed by atoms with E-state index in [1.807, 2.05) is 24.3 Å². The van der Waals surface area contributed by atoms with Crippen LogP contribution in [0.3, 0.4) is 0 Å². The van der Waals surface area contributed by atoms with Crippen molar-refractivity contribution in [2.24, 2.45) is 5.73 Å². The molecule has 0 heterocycles. The van der Waals surface area contributed by atoms with Crippen molar-refractivity contribution in [3.8, 4) is 0 Å². The van der Waals surface area contributed by atoms with E-state index in [-0.39, 0.29) is 18.4 Å². The van der Waals surface area contributed by atoms with Gasteiger partial charge in [0.25, 0.3) is 0 Å². The third-order valence-electron chi connectivity index (χ3n) is 2.39. The molecule has 0 saturated carbocycles. The second-order valence-electron chi connectivity index (χ2n) is 4.12. The molecule has 4 N–H and O–H groups in total. The van der Waals surface area contributed by atoms with Crippen molar-refractivity contribution in [3.63, 3.8) is 0 Å². The Hall–Kier alpha value is -1.88. The number of rotatable bonds is 7. The molecule has 98 valence electrons. The van der Waals surface area contributed by atoms with Crippen LogP contribution in [0.4, 0.5) is 5.69 Å². The van der Waals surface area contributed by atoms with Crippen LogP contribution in [0.1, 0.15) is 18.9 Å². The van der Waals surface area contributed by atoms with E-state index in [1.54, 1.807) is 0 Å². The first-order valence-electron chi connectivity index (χ1n) is 5.93. The lowest BCUT2D eigenvalue weighted by molar-refractivity contribution is -0.117. The number of benzene rings is 1. The number of hydrogen-bond acceptors (Lipinski definition) is 3. The summed E-state index contributed by atoms with van der Waals surface area (Å²) in [7, 11) is 0. The quantitative estimate of drug-likeness (QED) is 0.620. The highest BCUT2D eigenvalue weighted by molar-refractivity contribution is 5.88. The van der Waals surface area contributed by atoms with Crippen LogP contribution in [-0.4, -0.2) is 24.9 Å². The van der Waals surface area contributed by atoms with Gasteiger partial charge in [0, 0.05) is 12.6 Å². The van der Waals surface area contributed by atoms with Crippen LogP contribution in [0, 0.1) is 0 Å². The van der Waals surface area contributed by atoms with Crippen molar-refractivity contribution >= 4 is 17.5 Å². The van der Waals surface area contributed by atoms with Gasteiger partial charge in [0.1, 0.15) is 0 Å². The minimum Gasteiger partial charge on any atom is -0.369 e. The maximum atomic E-state index is 10.8. The topological polar surface area (TPSA) is 84.2 Å². The summed E-state index contributed by atoms with van der Waals surface area (Å²) in [6.07, 6.45) is 1.86. The van der Waals surface area contributed by atoms with Gasteiger partial charge in [-0.15, -0.1) is 0 Å². The van der Waals surface area contributed by atoms with Gasteiger partial charge in [-0.1, -0.05) is 12.1 Å². The molecule has 1 aromatic carbocycles. The molecule has 0 radical (unpaired) electrons. The number of carbonyl (C=O) groups is 2. The van der Waals surface area contributed by atoms with Crippen molar-refractivity contribution < 1.29 is 9.59 Å². The number of amides is 2. The van der Waals surface area contributed by atoms with Gasteiger partial charge in [-0.3, -0.25) is 9.59 Å². The van der Waals surface area contributed by atoms with Crippen molar-refractivity contribution in [1.82, 2.24) is 5.32 Å². The van der Waals surface area contributed by atoms with Crippen LogP contribution in [0.5, 0.6) is 0 Å². The minimum absolute atomic E-state index is 0.0709. The molecule has 0 saturated heterocycles. The van der Waals surface area contributed by atoms with Crippen LogP contribution < -0.4 is 16.4 Å². The number of anilines is 1. The van der Waals surface area contributed by atoms with Gasteiger partial charge in [0.2, 0.25) is 11.8 Å². The summed E-state index contributed by atoms with van der Waals surface area (Å²) in [5, 5.41) is 5.68. The first-order valence-corrected chi connectivity index (χ1v) is 5.93. The Morgan fingerprint density at radius 3 is 2.44 bits per heavy atom. The fourth-order valence-electron chi connectivity index (χ4n) is 1.59. The number of nitrogens with two attached hydrogens (primary N) is 1. The fourth-order valence-corrected chi connectivity index (χ4v) is 1.59. The van der Waals surface area contributed by atoms with E-state index in [9.17, 15) is 9.59 Å². The van der Waals surface area contributed by atoms with E-state index in [1.165, 1.54) is 12.5 Å². The van der Waals surface area contributed by atoms with E-state index in [0.29, 0.717) is 0 Å². The van der Waals surface area contributed by atoms with Gasteiger partial charge >= 0.3 is 0 Å². The molecule has 0 atom stereocenters. The Bertz CT molecular complexity index is 401. The van der Waals surface area contributed by atoms with Crippen LogP contribution in [0.25, 0.3) is 0 Å². The molecule has 0 unspecified atom stereocenters. The van der Waals surface area contributed by atoms with E-state index in [2.05, 4.69) is 10.6 Å². The summed E-state index contributed by atoms with van der Waals surface area (Å²) in [4.78, 5) is 21.3. The average molecular weight is 249 g/mol. The molecular formula is C13H19N3O2. The van der Waals surface area contributed by atoms with Gasteiger partial charge in [-0.2, -0.15) is 0 Å². The van der Waals surface area contributed by atoms with Crippen LogP contribution in [0.2, 0.25) is 0 Å². The molecule has 1 aromatic rings. The first-order chi connectivity index (χ1) is 8.58. The highest BCUT2D eigenvalue weighted by Gasteiger charge is 1.97. The Morgan fingerprint density at radius 1 is 1.22 bits per heavy atom. The number of nitrogens with one attached hydrogen (secondary N) is 2. The second kappa shape index (κ2) is 7.45. The van der Waals surface area contributed by atoms with E-state index in [0.717, 1.165) is 25.1 Å². The van der Waals surface area contributed by atoms with E-state index < -0.39 is 0 Å². The number of aryl methyl sites for hydroxylation is 1. The van der Waals surface area contributed by atoms with Gasteiger partial charge in [-0.25, -0.2) is 0 Å². The lowest BCUT2D eigenvalue weighted by Crippen LogP contribution is -2.29. The lowest BCUT2D eigenvalue weighted by Gasteiger charge is -2.05. The molecular weight excluding hydrogens is 230 g/mol. The highest BCUT2D eigenvalue weighted by atomic mass is 16.1. The molecule has 0 aromatic heterocycles. The average Bonchev–Trinajstić information content (AvgIpc) is 2.30. The Morgan fingerprint density at radius 2 is 1.89 bits per heavy atom. The number of carbonyl (C=O) groups excluding carboxylic acids is 2. The zero-order valence-electron chi connectivity index (χ0n) is 10.5. The molecule has 0 aliphatic heterocycles. The van der Waals surface area contributed by atoms with Crippen molar-refractivity contribution in [2.75, 3.05) is 18.4 Å². The van der Waals surface area contributed by atoms with Gasteiger partial charge in [0.15, 0.2) is 0 Å². The SMILES string of the molecule is CC(=O)Nc1ccc(CCCNCC(N)=O)cc1. The first kappa shape index (κ1) is 14.2. The lowest BCUT2D eigenvalue weighted by atomic mass is 10.1. The smallest absolute Gasteiger partial charge is 0.231 e. The van der Waals surface area contributed by atoms with Crippen molar-refractivity contribution in [1.29, 1.82) is 0 Å². The summed E-state index contributed by atoms with van der Waals surface area (Å²) in [6, 6.07) is 7.74. The van der Waals surface area contributed by atoms with Crippen molar-refractivity contribution in [2.45, 2.75) is 19.8 Å². The maximum Gasteiger partial charge on any atom is 0.231 e. The summed E-state index contributed by atoms with van der Waals surface area (Å²) < 4.78 is 0. The molecule has 2 amide bonds. The fraction of sp³-hybridized carbons (Fsp3) is 0.385. The third-order valence-corrected chi connectivity index (χ3v) is 2.39. The van der Waals surface area contributed by atoms with Crippen LogP contribution >= 0.6 is 0 Å². The molecule has 0 aliphatic carbocycles. The normalized spacial score (nSPS) is 10.1. The second-order valence-corrected chi connectivity index (χ2v) is 4.12. The summed E-state index contributed by atoms with van der Waals surface area (Å²) in [5.74, 6) is -0.409. The van der Waals surface area contributed by atoms with Gasteiger partial charge in [-0.05, 0) is 37.1 Å². The van der Waals surface area contributed by atoms with Crippen molar-refractivity contribution in [3.05, 3.63) is 29.8 Å². The summed E-state index contributed by atoms with van der Waals surface area (Å²) in [5.41, 5.74) is 7.01. The van der Waals surface area contributed by atoms with Gasteiger partial charge < -0.3 is 16.4 Å². The zero-order chi connectivity index (χ0) is 13.4. The molecule has 5 heteroatoms. The standard InChI is InChI=1S/C13H19N3O2/c1-10(17)16-12-6-4-11(5-7-12)3-2-8-15-9-13(14)18/h4-7,15H,2-3,8-9H2,1H3,(H2,14,18)(H,16,17). The van der Waals surface area contributed by atoms with Gasteiger partial charge in [0.05, 0.1) is 6.54 Å². The van der Waals surface area contributed by atoms with E-state index >= 15 is 0 Å². The maximum absolute atomic E-state index is 10.8. The minimum atomic E-state index is -0.338. The Labute approximate surface area is 107 Å². The number of hydrogen-bond donors (Lipinski definition) is 3. The molecule has 0 bridgehead atoms. The molecule has 5 nitrogen and oxygen atoms in total. The molecule has 18 heavy (non-hydrogen) atoms. The summed E-state index contributed by atoms with van der Waals surface area (Å²) >= 11 is 0. The molecule has 0 spiro atoms. The van der Waals surface area contributed by atoms with Crippen LogP contribution in [0.15, 0.2) is 24.3 Å². The zero-order valence-corrected chi connectivity index (χ0v) is 10.5. The van der Waals surface area contributed by atoms with Crippen LogP contribution in [-0.2, 0) is 16.0 Å². The number of primary amides is 1. The Balaban J connectivity index is 2.26. The third kappa shape index (κ3) is 6.00. The molecule has 0 aliphatic rings. The highest BCUT2D eigenvalue weighted by Crippen LogP contribution is 2.10. The Kier molecular flexibility index (Phi) is 5.87. The summed E-state index contributed by atoms with van der Waals surface area (Å²) in [6.45, 7) is 2.47. The predicted octanol–water partition coefficient (Wildman–Crippen LogP) is 0.652. The monoisotopic (exact) mass is 249 g/mol.